The van der Waals surface area contributed by atoms with E-state index in [4.69, 9.17) is 18.9 Å². The Morgan fingerprint density at radius 1 is 1.00 bits per heavy atom. The van der Waals surface area contributed by atoms with Gasteiger partial charge in [0.1, 0.15) is 5.69 Å². The molecule has 1 atom stereocenters. The van der Waals surface area contributed by atoms with Crippen molar-refractivity contribution in [3.8, 4) is 17.2 Å². The molecule has 0 spiro atoms. The van der Waals surface area contributed by atoms with Gasteiger partial charge in [-0.15, -0.1) is 0 Å². The number of carbonyl (C=O) groups is 2. The Morgan fingerprint density at radius 3 is 2.27 bits per heavy atom. The van der Waals surface area contributed by atoms with Crippen LogP contribution in [0.2, 0.25) is 0 Å². The summed E-state index contributed by atoms with van der Waals surface area (Å²) in [5.41, 5.74) is 3.43. The van der Waals surface area contributed by atoms with Crippen LogP contribution in [-0.2, 0) is 11.2 Å². The summed E-state index contributed by atoms with van der Waals surface area (Å²) in [6.07, 6.45) is 6.86. The predicted molar refractivity (Wildman–Crippen MR) is 124 cm³/mol. The maximum atomic E-state index is 13.1. The highest BCUT2D eigenvalue weighted by molar-refractivity contribution is 6.03. The number of aromatic amines is 1. The highest BCUT2D eigenvalue weighted by Gasteiger charge is 2.33. The zero-order valence-electron chi connectivity index (χ0n) is 19.9. The number of rotatable bonds is 7. The molecule has 4 rings (SSSR count). The molecule has 0 bridgehead atoms. The number of Topliss-reactive ketones (excluding diaryl/α,β-unsaturated/α-hetero) is 1. The first-order valence-electron chi connectivity index (χ1n) is 11.7. The predicted octanol–water partition coefficient (Wildman–Crippen LogP) is 5.00. The van der Waals surface area contributed by atoms with Gasteiger partial charge in [-0.05, 0) is 61.3 Å². The standard InChI is InChI=1S/C26H33NO6/c1-15-23-19(27-24(15)26(29)33-14-16-8-6-5-7-9-16)10-17(11-20(23)28)18-12-21(30-2)25(32-4)22(13-18)31-3/h12-13,16-17,27H,5-11,14H2,1-4H3/t17-/m1/s1. The SMILES string of the molecule is COc1cc([C@H]2CC(=O)c3c([nH]c(C(=O)OCC4CCCCC4)c3C)C2)cc(OC)c1OC. The maximum absolute atomic E-state index is 13.1. The summed E-state index contributed by atoms with van der Waals surface area (Å²) in [4.78, 5) is 29.1. The van der Waals surface area contributed by atoms with Crippen molar-refractivity contribution in [2.75, 3.05) is 27.9 Å². The zero-order valence-corrected chi connectivity index (χ0v) is 19.9. The number of hydrogen-bond donors (Lipinski definition) is 1. The Morgan fingerprint density at radius 2 is 1.67 bits per heavy atom. The molecule has 0 amide bonds. The third-order valence-corrected chi connectivity index (χ3v) is 7.03. The Balaban J connectivity index is 1.55. The van der Waals surface area contributed by atoms with Crippen molar-refractivity contribution >= 4 is 11.8 Å². The lowest BCUT2D eigenvalue weighted by molar-refractivity contribution is 0.0403. The quantitative estimate of drug-likeness (QED) is 0.592. The molecule has 2 aliphatic carbocycles. The number of ketones is 1. The molecule has 1 heterocycles. The topological polar surface area (TPSA) is 86.9 Å². The first kappa shape index (κ1) is 23.2. The van der Waals surface area contributed by atoms with E-state index in [0.29, 0.717) is 59.4 Å². The number of benzene rings is 1. The Kier molecular flexibility index (Phi) is 6.96. The van der Waals surface area contributed by atoms with Crippen LogP contribution in [-0.4, -0.2) is 44.7 Å². The van der Waals surface area contributed by atoms with Gasteiger partial charge in [0.05, 0.1) is 27.9 Å². The molecule has 2 aromatic rings. The highest BCUT2D eigenvalue weighted by atomic mass is 16.5. The first-order chi connectivity index (χ1) is 16.0. The van der Waals surface area contributed by atoms with Crippen molar-refractivity contribution < 1.29 is 28.5 Å². The lowest BCUT2D eigenvalue weighted by Crippen LogP contribution is -2.19. The van der Waals surface area contributed by atoms with Gasteiger partial charge in [0.15, 0.2) is 17.3 Å². The second-order valence-corrected chi connectivity index (χ2v) is 9.07. The lowest BCUT2D eigenvalue weighted by atomic mass is 9.81. The van der Waals surface area contributed by atoms with Crippen LogP contribution in [0.5, 0.6) is 17.2 Å². The fourth-order valence-electron chi connectivity index (χ4n) is 5.23. The van der Waals surface area contributed by atoms with Crippen LogP contribution in [0.3, 0.4) is 0 Å². The number of aromatic nitrogens is 1. The summed E-state index contributed by atoms with van der Waals surface area (Å²) in [5.74, 6) is 1.66. The van der Waals surface area contributed by atoms with E-state index in [0.717, 1.165) is 24.1 Å². The molecule has 0 radical (unpaired) electrons. The number of nitrogens with one attached hydrogen (secondary N) is 1. The third-order valence-electron chi connectivity index (χ3n) is 7.03. The monoisotopic (exact) mass is 455 g/mol. The van der Waals surface area contributed by atoms with Crippen LogP contribution in [0.15, 0.2) is 12.1 Å². The Bertz CT molecular complexity index is 1010. The average molecular weight is 456 g/mol. The van der Waals surface area contributed by atoms with E-state index < -0.39 is 0 Å². The minimum atomic E-state index is -0.371. The third kappa shape index (κ3) is 4.59. The summed E-state index contributed by atoms with van der Waals surface area (Å²) < 4.78 is 22.0. The molecule has 1 saturated carbocycles. The van der Waals surface area contributed by atoms with Crippen molar-refractivity contribution in [1.29, 1.82) is 0 Å². The summed E-state index contributed by atoms with van der Waals surface area (Å²) in [7, 11) is 4.71. The van der Waals surface area contributed by atoms with Gasteiger partial charge in [-0.3, -0.25) is 4.79 Å². The molecule has 7 heteroatoms. The molecule has 2 aliphatic rings. The molecule has 7 nitrogen and oxygen atoms in total. The first-order valence-corrected chi connectivity index (χ1v) is 11.7. The molecule has 0 saturated heterocycles. The van der Waals surface area contributed by atoms with E-state index in [-0.39, 0.29) is 17.7 Å². The van der Waals surface area contributed by atoms with Crippen molar-refractivity contribution in [2.24, 2.45) is 5.92 Å². The number of methoxy groups -OCH3 is 3. The number of H-pyrrole nitrogens is 1. The Hall–Kier alpha value is -2.96. The molecule has 1 N–H and O–H groups in total. The van der Waals surface area contributed by atoms with Gasteiger partial charge in [-0.25, -0.2) is 4.79 Å². The van der Waals surface area contributed by atoms with Gasteiger partial charge in [-0.2, -0.15) is 0 Å². The average Bonchev–Trinajstić information content (AvgIpc) is 3.18. The van der Waals surface area contributed by atoms with E-state index in [1.165, 1.54) is 19.3 Å². The van der Waals surface area contributed by atoms with Gasteiger partial charge in [0.25, 0.3) is 0 Å². The largest absolute Gasteiger partial charge is 0.493 e. The van der Waals surface area contributed by atoms with Crippen molar-refractivity contribution in [3.05, 3.63) is 40.2 Å². The van der Waals surface area contributed by atoms with Gasteiger partial charge < -0.3 is 23.9 Å². The van der Waals surface area contributed by atoms with Crippen LogP contribution >= 0.6 is 0 Å². The smallest absolute Gasteiger partial charge is 0.355 e. The summed E-state index contributed by atoms with van der Waals surface area (Å²) >= 11 is 0. The summed E-state index contributed by atoms with van der Waals surface area (Å²) in [6, 6.07) is 3.78. The minimum Gasteiger partial charge on any atom is -0.493 e. The number of fused-ring (bicyclic) bond motifs is 1. The van der Waals surface area contributed by atoms with Gasteiger partial charge in [-0.1, -0.05) is 19.3 Å². The van der Waals surface area contributed by atoms with Crippen LogP contribution < -0.4 is 14.2 Å². The number of esters is 1. The molecular weight excluding hydrogens is 422 g/mol. The van der Waals surface area contributed by atoms with E-state index in [9.17, 15) is 9.59 Å². The van der Waals surface area contributed by atoms with Crippen molar-refractivity contribution in [3.63, 3.8) is 0 Å². The number of ether oxygens (including phenoxy) is 4. The minimum absolute atomic E-state index is 0.0232. The van der Waals surface area contributed by atoms with E-state index in [1.807, 2.05) is 19.1 Å². The number of hydrogen-bond acceptors (Lipinski definition) is 6. The fraction of sp³-hybridized carbons (Fsp3) is 0.538. The van der Waals surface area contributed by atoms with Gasteiger partial charge in [0.2, 0.25) is 5.75 Å². The van der Waals surface area contributed by atoms with Crippen LogP contribution in [0.25, 0.3) is 0 Å². The normalized spacial score (nSPS) is 18.5. The van der Waals surface area contributed by atoms with Gasteiger partial charge in [0, 0.05) is 17.7 Å². The van der Waals surface area contributed by atoms with Crippen LogP contribution in [0, 0.1) is 12.8 Å². The highest BCUT2D eigenvalue weighted by Crippen LogP contribution is 2.43. The second kappa shape index (κ2) is 9.89. The van der Waals surface area contributed by atoms with Crippen molar-refractivity contribution in [1.82, 2.24) is 4.98 Å². The van der Waals surface area contributed by atoms with E-state index in [2.05, 4.69) is 4.98 Å². The molecule has 0 unspecified atom stereocenters. The molecule has 178 valence electrons. The maximum Gasteiger partial charge on any atom is 0.355 e. The van der Waals surface area contributed by atoms with Crippen LogP contribution in [0.1, 0.15) is 82.1 Å². The van der Waals surface area contributed by atoms with Crippen molar-refractivity contribution in [2.45, 2.75) is 57.8 Å². The van der Waals surface area contributed by atoms with Crippen LogP contribution in [0.4, 0.5) is 0 Å². The van der Waals surface area contributed by atoms with E-state index in [1.54, 1.807) is 21.3 Å². The van der Waals surface area contributed by atoms with Gasteiger partial charge >= 0.3 is 5.97 Å². The molecule has 33 heavy (non-hydrogen) atoms. The molecule has 1 aromatic heterocycles. The lowest BCUT2D eigenvalue weighted by Gasteiger charge is -2.24. The fourth-order valence-corrected chi connectivity index (χ4v) is 5.23. The molecule has 1 fully saturated rings. The van der Waals surface area contributed by atoms with E-state index >= 15 is 0 Å². The number of carbonyl (C=O) groups excluding carboxylic acids is 2. The molecular formula is C26H33NO6. The second-order valence-electron chi connectivity index (χ2n) is 9.07. The summed E-state index contributed by atoms with van der Waals surface area (Å²) in [6.45, 7) is 2.27. The zero-order chi connectivity index (χ0) is 23.5. The molecule has 1 aromatic carbocycles. The molecule has 0 aliphatic heterocycles. The Labute approximate surface area is 194 Å². The summed E-state index contributed by atoms with van der Waals surface area (Å²) in [5, 5.41) is 0.